The molecule has 0 bridgehead atoms. The maximum Gasteiger partial charge on any atom is 0.253 e. The maximum absolute atomic E-state index is 12.9. The molecule has 2 amide bonds. The standard InChI is InChI=1S/C29H34N2O4/c1-3-4-5-6-13-20-35-25-19-18-24(21-26(25)34-2)27(30-28(32)22-14-9-7-10-15-22)31-29(33)23-16-11-8-12-17-23/h7-12,14-19,21,27H,3-6,13,20H2,1-2H3,(H,30,32)(H,31,33). The first-order valence-corrected chi connectivity index (χ1v) is 12.1. The number of methoxy groups -OCH3 is 1. The van der Waals surface area contributed by atoms with Crippen LogP contribution in [0.4, 0.5) is 0 Å². The Bertz CT molecular complexity index is 1020. The lowest BCUT2D eigenvalue weighted by atomic mass is 10.1. The van der Waals surface area contributed by atoms with Crippen LogP contribution in [-0.2, 0) is 0 Å². The minimum Gasteiger partial charge on any atom is -0.493 e. The van der Waals surface area contributed by atoms with Gasteiger partial charge in [-0.05, 0) is 48.4 Å². The SMILES string of the molecule is CCCCCCCOc1ccc(C(NC(=O)c2ccccc2)NC(=O)c2ccccc2)cc1OC. The monoisotopic (exact) mass is 474 g/mol. The average molecular weight is 475 g/mol. The molecule has 6 heteroatoms. The number of hydrogen-bond acceptors (Lipinski definition) is 4. The Morgan fingerprint density at radius 3 is 1.86 bits per heavy atom. The molecule has 0 saturated heterocycles. The number of nitrogens with one attached hydrogen (secondary N) is 2. The van der Waals surface area contributed by atoms with Gasteiger partial charge in [-0.25, -0.2) is 0 Å². The fourth-order valence-corrected chi connectivity index (χ4v) is 3.68. The molecule has 35 heavy (non-hydrogen) atoms. The summed E-state index contributed by atoms with van der Waals surface area (Å²) in [5.41, 5.74) is 1.67. The van der Waals surface area contributed by atoms with Crippen LogP contribution < -0.4 is 20.1 Å². The van der Waals surface area contributed by atoms with Crippen molar-refractivity contribution in [1.29, 1.82) is 0 Å². The lowest BCUT2D eigenvalue weighted by Gasteiger charge is -2.22. The summed E-state index contributed by atoms with van der Waals surface area (Å²) in [6.07, 6.45) is 5.00. The normalized spacial score (nSPS) is 10.6. The fraction of sp³-hybridized carbons (Fsp3) is 0.310. The molecule has 0 radical (unpaired) electrons. The molecule has 0 spiro atoms. The van der Waals surface area contributed by atoms with Crippen molar-refractivity contribution in [3.63, 3.8) is 0 Å². The molecule has 0 aliphatic rings. The number of amides is 2. The van der Waals surface area contributed by atoms with Crippen molar-refractivity contribution < 1.29 is 19.1 Å². The third-order valence-electron chi connectivity index (χ3n) is 5.65. The van der Waals surface area contributed by atoms with Gasteiger partial charge in [-0.3, -0.25) is 9.59 Å². The first kappa shape index (κ1) is 25.8. The quantitative estimate of drug-likeness (QED) is 0.239. The van der Waals surface area contributed by atoms with Crippen LogP contribution in [0.15, 0.2) is 78.9 Å². The molecule has 184 valence electrons. The molecule has 3 rings (SSSR count). The number of benzene rings is 3. The fourth-order valence-electron chi connectivity index (χ4n) is 3.68. The second-order valence-electron chi connectivity index (χ2n) is 8.28. The van der Waals surface area contributed by atoms with Crippen molar-refractivity contribution in [2.75, 3.05) is 13.7 Å². The van der Waals surface area contributed by atoms with Gasteiger partial charge in [0.15, 0.2) is 11.5 Å². The molecular formula is C29H34N2O4. The van der Waals surface area contributed by atoms with Gasteiger partial charge >= 0.3 is 0 Å². The van der Waals surface area contributed by atoms with Gasteiger partial charge in [-0.15, -0.1) is 0 Å². The van der Waals surface area contributed by atoms with E-state index < -0.39 is 6.17 Å². The number of ether oxygens (including phenoxy) is 2. The number of unbranched alkanes of at least 4 members (excludes halogenated alkanes) is 4. The number of carbonyl (C=O) groups excluding carboxylic acids is 2. The number of rotatable bonds is 13. The lowest BCUT2D eigenvalue weighted by molar-refractivity contribution is 0.0883. The first-order chi connectivity index (χ1) is 17.1. The van der Waals surface area contributed by atoms with Gasteiger partial charge in [-0.2, -0.15) is 0 Å². The zero-order valence-corrected chi connectivity index (χ0v) is 20.5. The molecule has 2 N–H and O–H groups in total. The van der Waals surface area contributed by atoms with Gasteiger partial charge in [-0.1, -0.05) is 75.1 Å². The third-order valence-corrected chi connectivity index (χ3v) is 5.65. The Morgan fingerprint density at radius 2 is 1.31 bits per heavy atom. The molecule has 0 atom stereocenters. The van der Waals surface area contributed by atoms with E-state index in [1.54, 1.807) is 61.7 Å². The van der Waals surface area contributed by atoms with Gasteiger partial charge < -0.3 is 20.1 Å². The van der Waals surface area contributed by atoms with Crippen molar-refractivity contribution in [3.8, 4) is 11.5 Å². The van der Waals surface area contributed by atoms with Gasteiger partial charge in [0, 0.05) is 11.1 Å². The summed E-state index contributed by atoms with van der Waals surface area (Å²) < 4.78 is 11.5. The molecule has 3 aromatic carbocycles. The van der Waals surface area contributed by atoms with Crippen LogP contribution in [0.3, 0.4) is 0 Å². The van der Waals surface area contributed by atoms with Crippen LogP contribution in [0.2, 0.25) is 0 Å². The summed E-state index contributed by atoms with van der Waals surface area (Å²) in [5.74, 6) is 0.587. The molecule has 0 aliphatic carbocycles. The summed E-state index contributed by atoms with van der Waals surface area (Å²) in [6.45, 7) is 2.80. The van der Waals surface area contributed by atoms with Crippen LogP contribution in [0.5, 0.6) is 11.5 Å². The van der Waals surface area contributed by atoms with Crippen LogP contribution in [0.1, 0.15) is 71.5 Å². The van der Waals surface area contributed by atoms with Crippen molar-refractivity contribution in [2.45, 2.75) is 45.2 Å². The zero-order valence-electron chi connectivity index (χ0n) is 20.5. The van der Waals surface area contributed by atoms with Gasteiger partial charge in [0.1, 0.15) is 6.17 Å². The highest BCUT2D eigenvalue weighted by Crippen LogP contribution is 2.30. The highest BCUT2D eigenvalue weighted by molar-refractivity contribution is 5.96. The molecule has 6 nitrogen and oxygen atoms in total. The first-order valence-electron chi connectivity index (χ1n) is 12.1. The summed E-state index contributed by atoms with van der Waals surface area (Å²) in [4.78, 5) is 25.8. The van der Waals surface area contributed by atoms with E-state index in [2.05, 4.69) is 17.6 Å². The van der Waals surface area contributed by atoms with Gasteiger partial charge in [0.05, 0.1) is 13.7 Å². The molecule has 0 aliphatic heterocycles. The Hall–Kier alpha value is -3.80. The van der Waals surface area contributed by atoms with E-state index in [0.717, 1.165) is 12.8 Å². The van der Waals surface area contributed by atoms with Crippen LogP contribution >= 0.6 is 0 Å². The topological polar surface area (TPSA) is 76.7 Å². The minimum atomic E-state index is -0.771. The molecule has 0 aromatic heterocycles. The average Bonchev–Trinajstić information content (AvgIpc) is 2.91. The maximum atomic E-state index is 12.9. The van der Waals surface area contributed by atoms with Crippen molar-refractivity contribution in [2.24, 2.45) is 0 Å². The van der Waals surface area contributed by atoms with Crippen molar-refractivity contribution in [3.05, 3.63) is 95.6 Å². The number of hydrogen-bond donors (Lipinski definition) is 2. The highest BCUT2D eigenvalue weighted by atomic mass is 16.5. The molecule has 0 saturated carbocycles. The second-order valence-corrected chi connectivity index (χ2v) is 8.28. The predicted molar refractivity (Wildman–Crippen MR) is 138 cm³/mol. The van der Waals surface area contributed by atoms with Crippen LogP contribution in [-0.4, -0.2) is 25.5 Å². The Balaban J connectivity index is 1.77. The summed E-state index contributed by atoms with van der Waals surface area (Å²) in [5, 5.41) is 5.85. The largest absolute Gasteiger partial charge is 0.493 e. The predicted octanol–water partition coefficient (Wildman–Crippen LogP) is 5.90. The van der Waals surface area contributed by atoms with E-state index in [4.69, 9.17) is 9.47 Å². The molecule has 0 unspecified atom stereocenters. The van der Waals surface area contributed by atoms with Crippen molar-refractivity contribution >= 4 is 11.8 Å². The second kappa shape index (κ2) is 13.8. The van der Waals surface area contributed by atoms with Gasteiger partial charge in [0.25, 0.3) is 11.8 Å². The Labute approximate surface area is 207 Å². The van der Waals surface area contributed by atoms with Crippen LogP contribution in [0, 0.1) is 0 Å². The van der Waals surface area contributed by atoms with E-state index >= 15 is 0 Å². The molecular weight excluding hydrogens is 440 g/mol. The molecule has 3 aromatic rings. The Kier molecular flexibility index (Phi) is 10.2. The van der Waals surface area contributed by atoms with E-state index in [1.165, 1.54) is 19.3 Å². The van der Waals surface area contributed by atoms with E-state index in [1.807, 2.05) is 24.3 Å². The minimum absolute atomic E-state index is 0.296. The highest BCUT2D eigenvalue weighted by Gasteiger charge is 2.20. The van der Waals surface area contributed by atoms with E-state index in [9.17, 15) is 9.59 Å². The molecule has 0 fully saturated rings. The lowest BCUT2D eigenvalue weighted by Crippen LogP contribution is -2.41. The van der Waals surface area contributed by atoms with Crippen molar-refractivity contribution in [1.82, 2.24) is 10.6 Å². The zero-order chi connectivity index (χ0) is 24.9. The van der Waals surface area contributed by atoms with E-state index in [0.29, 0.717) is 34.8 Å². The van der Waals surface area contributed by atoms with Gasteiger partial charge in [0.2, 0.25) is 0 Å². The third kappa shape index (κ3) is 7.88. The van der Waals surface area contributed by atoms with Crippen LogP contribution in [0.25, 0.3) is 0 Å². The summed E-state index contributed by atoms with van der Waals surface area (Å²) >= 11 is 0. The summed E-state index contributed by atoms with van der Waals surface area (Å²) in [7, 11) is 1.58. The smallest absolute Gasteiger partial charge is 0.253 e. The number of carbonyl (C=O) groups is 2. The molecule has 0 heterocycles. The van der Waals surface area contributed by atoms with E-state index in [-0.39, 0.29) is 11.8 Å². The Morgan fingerprint density at radius 1 is 0.743 bits per heavy atom. The summed E-state index contributed by atoms with van der Waals surface area (Å²) in [6, 6.07) is 23.2.